The molecule has 0 amide bonds. The number of aromatic hydroxyl groups is 1. The number of likely N-dealkylation sites (N-methyl/N-ethyl adjacent to an activating group) is 1. The van der Waals surface area contributed by atoms with Gasteiger partial charge in [-0.05, 0) is 111 Å². The van der Waals surface area contributed by atoms with Crippen LogP contribution in [0.3, 0.4) is 0 Å². The Kier molecular flexibility index (Phi) is 5.77. The molecule has 3 aliphatic carbocycles. The summed E-state index contributed by atoms with van der Waals surface area (Å²) in [4.78, 5) is 2.19. The lowest BCUT2D eigenvalue weighted by molar-refractivity contribution is -0.00478. The molecular formula is C25H39NO2. The van der Waals surface area contributed by atoms with Gasteiger partial charge < -0.3 is 14.7 Å². The number of hydrogen-bond acceptors (Lipinski definition) is 3. The van der Waals surface area contributed by atoms with Gasteiger partial charge in [-0.1, -0.05) is 19.9 Å². The normalized spacial score (nSPS) is 36.8. The summed E-state index contributed by atoms with van der Waals surface area (Å²) in [7, 11) is 4.21. The Morgan fingerprint density at radius 2 is 2.00 bits per heavy atom. The van der Waals surface area contributed by atoms with E-state index < -0.39 is 0 Å². The highest BCUT2D eigenvalue weighted by Crippen LogP contribution is 2.64. The van der Waals surface area contributed by atoms with Crippen LogP contribution in [-0.2, 0) is 11.2 Å². The van der Waals surface area contributed by atoms with Crippen molar-refractivity contribution in [3.63, 3.8) is 0 Å². The van der Waals surface area contributed by atoms with Gasteiger partial charge in [0.15, 0.2) is 0 Å². The third-order valence-corrected chi connectivity index (χ3v) is 8.55. The lowest BCUT2D eigenvalue weighted by atomic mass is 9.51. The molecule has 3 nitrogen and oxygen atoms in total. The topological polar surface area (TPSA) is 32.7 Å². The van der Waals surface area contributed by atoms with Gasteiger partial charge in [0.1, 0.15) is 5.75 Å². The molecule has 2 fully saturated rings. The maximum Gasteiger partial charge on any atom is 0.115 e. The Morgan fingerprint density at radius 3 is 2.79 bits per heavy atom. The second kappa shape index (κ2) is 7.99. The Hall–Kier alpha value is -1.06. The molecule has 0 heterocycles. The summed E-state index contributed by atoms with van der Waals surface area (Å²) < 4.78 is 5.95. The third-order valence-electron chi connectivity index (χ3n) is 8.55. The number of ether oxygens (including phenoxy) is 1. The summed E-state index contributed by atoms with van der Waals surface area (Å²) in [6.07, 6.45) is 7.83. The SMILES string of the molecule is C[C@@H]1Cc2cc(O)ccc2[C@H]2CC[C@]3(C)[C@@H](CCOCCN(C)C)CC[C@H]3[C@H]12. The average molecular weight is 386 g/mol. The quantitative estimate of drug-likeness (QED) is 0.693. The molecule has 156 valence electrons. The Balaban J connectivity index is 1.45. The third kappa shape index (κ3) is 3.61. The van der Waals surface area contributed by atoms with Crippen LogP contribution in [0.1, 0.15) is 63.0 Å². The van der Waals surface area contributed by atoms with Crippen molar-refractivity contribution in [3.05, 3.63) is 29.3 Å². The Labute approximate surface area is 171 Å². The fourth-order valence-corrected chi connectivity index (χ4v) is 7.12. The highest BCUT2D eigenvalue weighted by Gasteiger charge is 2.55. The second-order valence-electron chi connectivity index (χ2n) is 10.4. The molecule has 4 rings (SSSR count). The predicted molar refractivity (Wildman–Crippen MR) is 115 cm³/mol. The van der Waals surface area contributed by atoms with Crippen molar-refractivity contribution in [2.45, 2.75) is 58.3 Å². The molecule has 0 aliphatic heterocycles. The maximum absolute atomic E-state index is 9.93. The molecule has 0 radical (unpaired) electrons. The summed E-state index contributed by atoms with van der Waals surface area (Å²) in [5.74, 6) is 4.35. The van der Waals surface area contributed by atoms with Gasteiger partial charge in [0.05, 0.1) is 6.61 Å². The molecule has 1 aromatic carbocycles. The highest BCUT2D eigenvalue weighted by molar-refractivity contribution is 5.40. The first-order valence-corrected chi connectivity index (χ1v) is 11.4. The maximum atomic E-state index is 9.93. The van der Waals surface area contributed by atoms with Crippen molar-refractivity contribution in [1.29, 1.82) is 0 Å². The summed E-state index contributed by atoms with van der Waals surface area (Å²) in [6.45, 7) is 7.86. The summed E-state index contributed by atoms with van der Waals surface area (Å²) >= 11 is 0. The van der Waals surface area contributed by atoms with Crippen LogP contribution in [-0.4, -0.2) is 43.9 Å². The first-order valence-electron chi connectivity index (χ1n) is 11.4. The van der Waals surface area contributed by atoms with Crippen molar-refractivity contribution >= 4 is 0 Å². The van der Waals surface area contributed by atoms with Gasteiger partial charge >= 0.3 is 0 Å². The van der Waals surface area contributed by atoms with E-state index in [-0.39, 0.29) is 0 Å². The van der Waals surface area contributed by atoms with Crippen LogP contribution in [0.5, 0.6) is 5.75 Å². The number of hydrogen-bond donors (Lipinski definition) is 1. The standard InChI is InChI=1S/C25H39NO2/c1-17-15-18-16-20(27)6-7-21(18)22-9-11-25(2)19(5-8-23(25)24(17)22)10-13-28-14-12-26(3)4/h6-7,16-17,19,22-24,27H,5,8-15H2,1-4H3/t17-,19-,22-,23+,24-,25-/m1/s1. The lowest BCUT2D eigenvalue weighted by Gasteiger charge is -2.53. The van der Waals surface area contributed by atoms with E-state index in [2.05, 4.69) is 38.9 Å². The molecule has 1 aromatic rings. The summed E-state index contributed by atoms with van der Waals surface area (Å²) in [5, 5.41) is 9.93. The van der Waals surface area contributed by atoms with E-state index in [9.17, 15) is 5.11 Å². The minimum atomic E-state index is 0.431. The molecule has 3 heteroatoms. The van der Waals surface area contributed by atoms with Crippen molar-refractivity contribution in [1.82, 2.24) is 4.90 Å². The first-order chi connectivity index (χ1) is 13.4. The molecule has 0 saturated heterocycles. The average Bonchev–Trinajstić information content (AvgIpc) is 2.97. The molecule has 28 heavy (non-hydrogen) atoms. The van der Waals surface area contributed by atoms with Gasteiger partial charge in [0.2, 0.25) is 0 Å². The van der Waals surface area contributed by atoms with Crippen molar-refractivity contribution < 1.29 is 9.84 Å². The minimum Gasteiger partial charge on any atom is -0.508 e. The van der Waals surface area contributed by atoms with Gasteiger partial charge in [0, 0.05) is 13.2 Å². The van der Waals surface area contributed by atoms with Gasteiger partial charge in [-0.2, -0.15) is 0 Å². The molecule has 0 unspecified atom stereocenters. The Bertz CT molecular complexity index is 687. The van der Waals surface area contributed by atoms with E-state index in [1.807, 2.05) is 12.1 Å². The largest absolute Gasteiger partial charge is 0.508 e. The van der Waals surface area contributed by atoms with Crippen LogP contribution in [0, 0.1) is 29.1 Å². The zero-order valence-corrected chi connectivity index (χ0v) is 18.3. The van der Waals surface area contributed by atoms with E-state index >= 15 is 0 Å². The van der Waals surface area contributed by atoms with Gasteiger partial charge in [0.25, 0.3) is 0 Å². The fourth-order valence-electron chi connectivity index (χ4n) is 7.12. The van der Waals surface area contributed by atoms with E-state index in [4.69, 9.17) is 4.74 Å². The molecule has 0 bridgehead atoms. The molecule has 6 atom stereocenters. The monoisotopic (exact) mass is 385 g/mol. The van der Waals surface area contributed by atoms with E-state index in [1.54, 1.807) is 5.56 Å². The number of benzene rings is 1. The number of phenols is 1. The van der Waals surface area contributed by atoms with Crippen molar-refractivity contribution in [3.8, 4) is 5.75 Å². The molecule has 3 aliphatic rings. The first kappa shape index (κ1) is 20.2. The molecule has 0 aromatic heterocycles. The van der Waals surface area contributed by atoms with E-state index in [1.165, 1.54) is 37.7 Å². The fraction of sp³-hybridized carbons (Fsp3) is 0.760. The Morgan fingerprint density at radius 1 is 1.18 bits per heavy atom. The lowest BCUT2D eigenvalue weighted by Crippen LogP contribution is -2.45. The van der Waals surface area contributed by atoms with Gasteiger partial charge in [-0.25, -0.2) is 0 Å². The number of phenolic OH excluding ortho intramolecular Hbond substituents is 1. The predicted octanol–water partition coefficient (Wildman–Crippen LogP) is 5.08. The summed E-state index contributed by atoms with van der Waals surface area (Å²) in [5.41, 5.74) is 3.44. The van der Waals surface area contributed by atoms with Crippen LogP contribution >= 0.6 is 0 Å². The number of nitrogens with zero attached hydrogens (tertiary/aromatic N) is 1. The van der Waals surface area contributed by atoms with Crippen LogP contribution in [0.15, 0.2) is 18.2 Å². The number of rotatable bonds is 6. The zero-order chi connectivity index (χ0) is 19.9. The van der Waals surface area contributed by atoms with Gasteiger partial charge in [-0.3, -0.25) is 0 Å². The second-order valence-corrected chi connectivity index (χ2v) is 10.4. The van der Waals surface area contributed by atoms with Crippen molar-refractivity contribution in [2.24, 2.45) is 29.1 Å². The highest BCUT2D eigenvalue weighted by atomic mass is 16.5. The smallest absolute Gasteiger partial charge is 0.115 e. The summed E-state index contributed by atoms with van der Waals surface area (Å²) in [6, 6.07) is 6.16. The van der Waals surface area contributed by atoms with E-state index in [0.29, 0.717) is 17.1 Å². The number of fused-ring (bicyclic) bond motifs is 5. The molecule has 0 spiro atoms. The van der Waals surface area contributed by atoms with Gasteiger partial charge in [-0.15, -0.1) is 0 Å². The van der Waals surface area contributed by atoms with Crippen molar-refractivity contribution in [2.75, 3.05) is 33.9 Å². The van der Waals surface area contributed by atoms with Crippen LogP contribution in [0.25, 0.3) is 0 Å². The van der Waals surface area contributed by atoms with Crippen LogP contribution in [0.4, 0.5) is 0 Å². The minimum absolute atomic E-state index is 0.431. The zero-order valence-electron chi connectivity index (χ0n) is 18.3. The molecular weight excluding hydrogens is 346 g/mol. The van der Waals surface area contributed by atoms with E-state index in [0.717, 1.165) is 49.9 Å². The molecule has 1 N–H and O–H groups in total. The van der Waals surface area contributed by atoms with Crippen LogP contribution < -0.4 is 0 Å². The molecule has 2 saturated carbocycles. The van der Waals surface area contributed by atoms with Crippen LogP contribution in [0.2, 0.25) is 0 Å².